The number of hydrogen-bond acceptors (Lipinski definition) is 4. The van der Waals surface area contributed by atoms with Crippen molar-refractivity contribution < 1.29 is 18.8 Å². The van der Waals surface area contributed by atoms with Gasteiger partial charge >= 0.3 is 0 Å². The quantitative estimate of drug-likeness (QED) is 0.341. The molecule has 0 aromatic rings. The van der Waals surface area contributed by atoms with E-state index in [4.69, 9.17) is 4.43 Å². The summed E-state index contributed by atoms with van der Waals surface area (Å²) in [7, 11) is -1.93. The van der Waals surface area contributed by atoms with Crippen molar-refractivity contribution in [1.82, 2.24) is 0 Å². The summed E-state index contributed by atoms with van der Waals surface area (Å²) >= 11 is 0. The third-order valence-corrected chi connectivity index (χ3v) is 4.54. The third kappa shape index (κ3) is 2.28. The van der Waals surface area contributed by atoms with Gasteiger partial charge < -0.3 is 9.22 Å². The van der Waals surface area contributed by atoms with E-state index >= 15 is 0 Å². The van der Waals surface area contributed by atoms with E-state index in [2.05, 4.69) is 0 Å². The Kier molecular flexibility index (Phi) is 3.45. The molecular formula is C14H18O4Si. The smallest absolute Gasteiger partial charge is 0.184 e. The second-order valence-corrected chi connectivity index (χ2v) is 10.5. The molecule has 4 nitrogen and oxygen atoms in total. The maximum atomic E-state index is 12.3. The molecule has 102 valence electrons. The number of carbonyl (C=O) groups excluding carboxylic acids is 3. The van der Waals surface area contributed by atoms with Crippen molar-refractivity contribution in [2.75, 3.05) is 0 Å². The van der Waals surface area contributed by atoms with Gasteiger partial charge in [-0.15, -0.1) is 0 Å². The molecule has 5 heteroatoms. The summed E-state index contributed by atoms with van der Waals surface area (Å²) in [6.45, 7) is 5.98. The largest absolute Gasteiger partial charge is 0.410 e. The van der Waals surface area contributed by atoms with E-state index in [0.29, 0.717) is 12.7 Å². The predicted molar refractivity (Wildman–Crippen MR) is 73.1 cm³/mol. The van der Waals surface area contributed by atoms with E-state index in [0.717, 1.165) is 0 Å². The van der Waals surface area contributed by atoms with Crippen LogP contribution in [0.25, 0.3) is 0 Å². The first-order valence-electron chi connectivity index (χ1n) is 6.38. The summed E-state index contributed by atoms with van der Waals surface area (Å²) in [5.41, 5.74) is -1.36. The molecule has 2 rings (SSSR count). The number of aldehydes is 1. The van der Waals surface area contributed by atoms with Crippen LogP contribution in [0, 0.1) is 11.3 Å². The number of allylic oxidation sites excluding steroid dienone is 3. The lowest BCUT2D eigenvalue weighted by atomic mass is 9.61. The normalized spacial score (nSPS) is 34.3. The molecule has 19 heavy (non-hydrogen) atoms. The van der Waals surface area contributed by atoms with Gasteiger partial charge in [0.1, 0.15) is 11.7 Å². The highest BCUT2D eigenvalue weighted by molar-refractivity contribution is 6.69. The van der Waals surface area contributed by atoms with Gasteiger partial charge in [-0.2, -0.15) is 0 Å². The Bertz CT molecular complexity index is 486. The van der Waals surface area contributed by atoms with Crippen molar-refractivity contribution in [3.63, 3.8) is 0 Å². The zero-order chi connectivity index (χ0) is 14.3. The number of rotatable bonds is 3. The Labute approximate surface area is 113 Å². The molecule has 0 aromatic heterocycles. The number of carbonyl (C=O) groups is 3. The Balaban J connectivity index is 2.49. The second-order valence-electron chi connectivity index (χ2n) is 6.02. The first-order valence-corrected chi connectivity index (χ1v) is 9.79. The Morgan fingerprint density at radius 1 is 1.32 bits per heavy atom. The summed E-state index contributed by atoms with van der Waals surface area (Å²) in [6.07, 6.45) is 6.49. The van der Waals surface area contributed by atoms with E-state index in [1.54, 1.807) is 6.08 Å². The van der Waals surface area contributed by atoms with Crippen LogP contribution in [0.15, 0.2) is 24.3 Å². The molecule has 0 aromatic carbocycles. The van der Waals surface area contributed by atoms with Gasteiger partial charge in [0.15, 0.2) is 19.9 Å². The molecule has 3 atom stereocenters. The van der Waals surface area contributed by atoms with Crippen LogP contribution in [0.5, 0.6) is 0 Å². The third-order valence-electron chi connectivity index (χ3n) is 3.57. The number of hydrogen-bond donors (Lipinski definition) is 0. The topological polar surface area (TPSA) is 60.4 Å². The highest BCUT2D eigenvalue weighted by atomic mass is 28.4. The molecule has 0 saturated carbocycles. The van der Waals surface area contributed by atoms with Crippen LogP contribution in [-0.2, 0) is 18.8 Å². The molecule has 0 saturated heterocycles. The lowest BCUT2D eigenvalue weighted by Gasteiger charge is -2.43. The van der Waals surface area contributed by atoms with Gasteiger partial charge in [0, 0.05) is 5.92 Å². The van der Waals surface area contributed by atoms with Gasteiger partial charge in [-0.05, 0) is 38.2 Å². The summed E-state index contributed by atoms with van der Waals surface area (Å²) in [5.74, 6) is -1.10. The maximum absolute atomic E-state index is 12.3. The molecule has 2 aliphatic rings. The molecule has 0 radical (unpaired) electrons. The molecule has 3 unspecified atom stereocenters. The molecule has 0 N–H and O–H groups in total. The van der Waals surface area contributed by atoms with Crippen LogP contribution >= 0.6 is 0 Å². The minimum absolute atomic E-state index is 0.166. The van der Waals surface area contributed by atoms with Crippen LogP contribution in [0.3, 0.4) is 0 Å². The van der Waals surface area contributed by atoms with Crippen molar-refractivity contribution in [2.45, 2.75) is 32.2 Å². The van der Waals surface area contributed by atoms with Crippen LogP contribution in [0.2, 0.25) is 19.6 Å². The first kappa shape index (κ1) is 14.1. The van der Waals surface area contributed by atoms with Gasteiger partial charge in [-0.25, -0.2) is 0 Å². The Hall–Kier alpha value is -1.33. The van der Waals surface area contributed by atoms with Gasteiger partial charge in [0.2, 0.25) is 0 Å². The van der Waals surface area contributed by atoms with Crippen molar-refractivity contribution in [3.8, 4) is 0 Å². The fraction of sp³-hybridized carbons (Fsp3) is 0.500. The van der Waals surface area contributed by atoms with E-state index < -0.39 is 25.8 Å². The molecule has 2 aliphatic carbocycles. The number of fused-ring (bicyclic) bond motifs is 1. The second kappa shape index (κ2) is 4.65. The average Bonchev–Trinajstić information content (AvgIpc) is 2.32. The fourth-order valence-electron chi connectivity index (χ4n) is 2.70. The summed E-state index contributed by atoms with van der Waals surface area (Å²) < 4.78 is 5.98. The monoisotopic (exact) mass is 278 g/mol. The van der Waals surface area contributed by atoms with Crippen molar-refractivity contribution >= 4 is 26.2 Å². The number of ketones is 2. The lowest BCUT2D eigenvalue weighted by Crippen LogP contribution is -2.57. The molecule has 0 heterocycles. The highest BCUT2D eigenvalue weighted by Crippen LogP contribution is 2.43. The van der Waals surface area contributed by atoms with Gasteiger partial charge in [0.25, 0.3) is 0 Å². The lowest BCUT2D eigenvalue weighted by molar-refractivity contribution is -0.148. The zero-order valence-corrected chi connectivity index (χ0v) is 12.4. The van der Waals surface area contributed by atoms with E-state index in [-0.39, 0.29) is 11.6 Å². The Morgan fingerprint density at radius 3 is 2.58 bits per heavy atom. The molecule has 0 spiro atoms. The average molecular weight is 278 g/mol. The molecule has 0 bridgehead atoms. The summed E-state index contributed by atoms with van der Waals surface area (Å²) in [6, 6.07) is 0. The minimum Gasteiger partial charge on any atom is -0.410 e. The maximum Gasteiger partial charge on any atom is 0.184 e. The van der Waals surface area contributed by atoms with Crippen molar-refractivity contribution in [1.29, 1.82) is 0 Å². The van der Waals surface area contributed by atoms with Crippen LogP contribution in [0.1, 0.15) is 6.42 Å². The van der Waals surface area contributed by atoms with E-state index in [1.165, 1.54) is 12.2 Å². The van der Waals surface area contributed by atoms with E-state index in [1.807, 2.05) is 25.7 Å². The fourth-order valence-corrected chi connectivity index (χ4v) is 3.73. The van der Waals surface area contributed by atoms with E-state index in [9.17, 15) is 14.4 Å². The van der Waals surface area contributed by atoms with Gasteiger partial charge in [0.05, 0.1) is 6.10 Å². The van der Waals surface area contributed by atoms with Crippen LogP contribution < -0.4 is 0 Å². The molecule has 0 aliphatic heterocycles. The minimum atomic E-state index is -1.93. The zero-order valence-electron chi connectivity index (χ0n) is 11.4. The van der Waals surface area contributed by atoms with Crippen LogP contribution in [-0.4, -0.2) is 32.3 Å². The van der Waals surface area contributed by atoms with Gasteiger partial charge in [-0.1, -0.05) is 12.2 Å². The standard InChI is InChI=1S/C14H18O4Si/c1-19(2,3)18-13-6-4-5-10-11(16)7-8-12(17)14(10,13)9-15/h4,6-10,13H,5H2,1-3H3. The molecule has 0 fully saturated rings. The highest BCUT2D eigenvalue weighted by Gasteiger charge is 2.56. The van der Waals surface area contributed by atoms with Crippen LogP contribution in [0.4, 0.5) is 0 Å². The summed E-state index contributed by atoms with van der Waals surface area (Å²) in [4.78, 5) is 35.9. The van der Waals surface area contributed by atoms with Crippen molar-refractivity contribution in [2.24, 2.45) is 11.3 Å². The molecular weight excluding hydrogens is 260 g/mol. The predicted octanol–water partition coefficient (Wildman–Crippen LogP) is 1.68. The first-order chi connectivity index (χ1) is 8.81. The SMILES string of the molecule is C[Si](C)(C)OC1C=CCC2C(=O)C=CC(=O)C12C=O. The summed E-state index contributed by atoms with van der Waals surface area (Å²) in [5, 5.41) is 0. The van der Waals surface area contributed by atoms with Gasteiger partial charge in [-0.3, -0.25) is 9.59 Å². The molecule has 0 amide bonds. The van der Waals surface area contributed by atoms with Crippen molar-refractivity contribution in [3.05, 3.63) is 24.3 Å². The Morgan fingerprint density at radius 2 is 2.00 bits per heavy atom.